The summed E-state index contributed by atoms with van der Waals surface area (Å²) < 4.78 is 0. The predicted molar refractivity (Wildman–Crippen MR) is 44.1 cm³/mol. The molecule has 5 N–H and O–H groups in total. The Balaban J connectivity index is 2.98. The van der Waals surface area contributed by atoms with Gasteiger partial charge in [0.25, 0.3) is 0 Å². The number of hydrogen-bond acceptors (Lipinski definition) is 3. The number of nitrogens with two attached hydrogens (primary N) is 1. The maximum Gasteiger partial charge on any atom is 0.185 e. The van der Waals surface area contributed by atoms with Crippen molar-refractivity contribution in [2.24, 2.45) is 5.73 Å². The standard InChI is InChI=1S/C5H13N3OS/c1-4(9)10-3-2-8-5(6)7/h4,9H,2-3H2,1H3,(H4,6,7,8). The molecule has 0 aromatic heterocycles. The average molecular weight is 163 g/mol. The molecule has 0 fully saturated rings. The third kappa shape index (κ3) is 7.58. The molecule has 1 atom stereocenters. The second-order valence-corrected chi connectivity index (χ2v) is 3.23. The van der Waals surface area contributed by atoms with E-state index in [1.54, 1.807) is 6.92 Å². The smallest absolute Gasteiger partial charge is 0.185 e. The number of rotatable bonds is 4. The maximum absolute atomic E-state index is 8.77. The summed E-state index contributed by atoms with van der Waals surface area (Å²) in [7, 11) is 0. The number of guanidine groups is 1. The van der Waals surface area contributed by atoms with Crippen molar-refractivity contribution in [2.45, 2.75) is 12.4 Å². The molecule has 10 heavy (non-hydrogen) atoms. The first kappa shape index (κ1) is 9.58. The Hall–Kier alpha value is -0.420. The van der Waals surface area contributed by atoms with Crippen LogP contribution in [0.15, 0.2) is 0 Å². The van der Waals surface area contributed by atoms with E-state index in [0.29, 0.717) is 6.54 Å². The van der Waals surface area contributed by atoms with Crippen LogP contribution in [0.3, 0.4) is 0 Å². The van der Waals surface area contributed by atoms with Crippen molar-refractivity contribution in [3.8, 4) is 0 Å². The molecule has 0 bridgehead atoms. The van der Waals surface area contributed by atoms with E-state index < -0.39 is 0 Å². The van der Waals surface area contributed by atoms with Crippen LogP contribution in [-0.4, -0.2) is 28.8 Å². The molecule has 4 nitrogen and oxygen atoms in total. The summed E-state index contributed by atoms with van der Waals surface area (Å²) in [4.78, 5) is 0. The third-order valence-corrected chi connectivity index (χ3v) is 1.70. The highest BCUT2D eigenvalue weighted by molar-refractivity contribution is 7.99. The van der Waals surface area contributed by atoms with Gasteiger partial charge in [-0.1, -0.05) is 0 Å². The fraction of sp³-hybridized carbons (Fsp3) is 0.800. The second-order valence-electron chi connectivity index (χ2n) is 1.81. The Kier molecular flexibility index (Phi) is 5.15. The topological polar surface area (TPSA) is 82.1 Å². The molecule has 0 aliphatic rings. The zero-order valence-electron chi connectivity index (χ0n) is 5.92. The normalized spacial score (nSPS) is 12.6. The Morgan fingerprint density at radius 2 is 2.50 bits per heavy atom. The Morgan fingerprint density at radius 3 is 2.90 bits per heavy atom. The largest absolute Gasteiger partial charge is 0.383 e. The van der Waals surface area contributed by atoms with Crippen molar-refractivity contribution < 1.29 is 5.11 Å². The highest BCUT2D eigenvalue weighted by atomic mass is 32.2. The number of aliphatic hydroxyl groups is 1. The molecule has 0 aromatic rings. The monoisotopic (exact) mass is 163 g/mol. The highest BCUT2D eigenvalue weighted by Gasteiger charge is 1.94. The number of hydrogen-bond donors (Lipinski definition) is 4. The molecule has 0 radical (unpaired) electrons. The Morgan fingerprint density at radius 1 is 1.90 bits per heavy atom. The van der Waals surface area contributed by atoms with Crippen LogP contribution in [-0.2, 0) is 0 Å². The van der Waals surface area contributed by atoms with Crippen molar-refractivity contribution in [1.82, 2.24) is 5.32 Å². The van der Waals surface area contributed by atoms with E-state index in [2.05, 4.69) is 5.32 Å². The average Bonchev–Trinajstić information content (AvgIpc) is 1.79. The lowest BCUT2D eigenvalue weighted by atomic mass is 10.7. The summed E-state index contributed by atoms with van der Waals surface area (Å²) >= 11 is 1.41. The van der Waals surface area contributed by atoms with Crippen molar-refractivity contribution in [3.05, 3.63) is 0 Å². The number of thioether (sulfide) groups is 1. The molecule has 1 unspecified atom stereocenters. The van der Waals surface area contributed by atoms with Gasteiger partial charge in [0.15, 0.2) is 5.96 Å². The summed E-state index contributed by atoms with van der Waals surface area (Å²) in [6, 6.07) is 0. The molecule has 60 valence electrons. The van der Waals surface area contributed by atoms with E-state index in [1.165, 1.54) is 11.8 Å². The molecule has 0 amide bonds. The van der Waals surface area contributed by atoms with Gasteiger partial charge < -0.3 is 16.2 Å². The molecule has 0 aromatic carbocycles. The summed E-state index contributed by atoms with van der Waals surface area (Å²) in [5.74, 6) is 0.739. The predicted octanol–water partition coefficient (Wildman–Crippen LogP) is -0.459. The minimum absolute atomic E-state index is 0.0220. The lowest BCUT2D eigenvalue weighted by Crippen LogP contribution is -2.32. The molecular weight excluding hydrogens is 150 g/mol. The summed E-state index contributed by atoms with van der Waals surface area (Å²) in [5, 5.41) is 18.2. The van der Waals surface area contributed by atoms with E-state index in [9.17, 15) is 0 Å². The van der Waals surface area contributed by atoms with Gasteiger partial charge in [0.2, 0.25) is 0 Å². The van der Waals surface area contributed by atoms with Gasteiger partial charge in [-0.15, -0.1) is 11.8 Å². The lowest BCUT2D eigenvalue weighted by Gasteiger charge is -2.04. The lowest BCUT2D eigenvalue weighted by molar-refractivity contribution is 0.284. The quantitative estimate of drug-likeness (QED) is 0.196. The van der Waals surface area contributed by atoms with Crippen LogP contribution in [0.4, 0.5) is 0 Å². The van der Waals surface area contributed by atoms with Gasteiger partial charge in [-0.3, -0.25) is 5.41 Å². The molecule has 5 heteroatoms. The fourth-order valence-electron chi connectivity index (χ4n) is 0.415. The number of aliphatic hydroxyl groups excluding tert-OH is 1. The van der Waals surface area contributed by atoms with Crippen LogP contribution in [0, 0.1) is 5.41 Å². The van der Waals surface area contributed by atoms with Crippen molar-refractivity contribution in [1.29, 1.82) is 5.41 Å². The van der Waals surface area contributed by atoms with E-state index in [1.807, 2.05) is 0 Å². The Bertz CT molecular complexity index is 107. The van der Waals surface area contributed by atoms with Gasteiger partial charge >= 0.3 is 0 Å². The molecule has 0 saturated carbocycles. The summed E-state index contributed by atoms with van der Waals surface area (Å²) in [6.07, 6.45) is 0. The van der Waals surface area contributed by atoms with Gasteiger partial charge in [0, 0.05) is 12.3 Å². The highest BCUT2D eigenvalue weighted by Crippen LogP contribution is 2.03. The zero-order valence-corrected chi connectivity index (χ0v) is 6.74. The molecule has 0 aliphatic carbocycles. The summed E-state index contributed by atoms with van der Waals surface area (Å²) in [5.41, 5.74) is 4.67. The van der Waals surface area contributed by atoms with Crippen molar-refractivity contribution in [3.63, 3.8) is 0 Å². The van der Waals surface area contributed by atoms with Crippen LogP contribution in [0.5, 0.6) is 0 Å². The maximum atomic E-state index is 8.77. The van der Waals surface area contributed by atoms with E-state index in [4.69, 9.17) is 16.2 Å². The molecule has 0 rings (SSSR count). The minimum Gasteiger partial charge on any atom is -0.383 e. The van der Waals surface area contributed by atoms with Gasteiger partial charge in [-0.05, 0) is 6.92 Å². The minimum atomic E-state index is -0.339. The zero-order chi connectivity index (χ0) is 7.98. The van der Waals surface area contributed by atoms with E-state index in [0.717, 1.165) is 5.75 Å². The first-order chi connectivity index (χ1) is 4.63. The molecule has 0 spiro atoms. The van der Waals surface area contributed by atoms with Gasteiger partial charge in [0.1, 0.15) is 0 Å². The fourth-order valence-corrected chi connectivity index (χ4v) is 0.976. The van der Waals surface area contributed by atoms with Gasteiger partial charge in [0.05, 0.1) is 5.44 Å². The van der Waals surface area contributed by atoms with Gasteiger partial charge in [-0.25, -0.2) is 0 Å². The van der Waals surface area contributed by atoms with Crippen LogP contribution >= 0.6 is 11.8 Å². The SMILES string of the molecule is CC(O)SCCNC(=N)N. The first-order valence-corrected chi connectivity index (χ1v) is 4.05. The van der Waals surface area contributed by atoms with Crippen molar-refractivity contribution >= 4 is 17.7 Å². The second kappa shape index (κ2) is 5.37. The Labute approximate surface area is 64.7 Å². The van der Waals surface area contributed by atoms with Crippen LogP contribution < -0.4 is 11.1 Å². The van der Waals surface area contributed by atoms with Crippen LogP contribution in [0.2, 0.25) is 0 Å². The first-order valence-electron chi connectivity index (χ1n) is 3.00. The van der Waals surface area contributed by atoms with E-state index in [-0.39, 0.29) is 11.4 Å². The molecular formula is C5H13N3OS. The molecule has 0 aliphatic heterocycles. The van der Waals surface area contributed by atoms with Crippen molar-refractivity contribution in [2.75, 3.05) is 12.3 Å². The molecule has 0 heterocycles. The third-order valence-electron chi connectivity index (χ3n) is 0.777. The van der Waals surface area contributed by atoms with E-state index >= 15 is 0 Å². The summed E-state index contributed by atoms with van der Waals surface area (Å²) in [6.45, 7) is 2.34. The van der Waals surface area contributed by atoms with Crippen LogP contribution in [0.1, 0.15) is 6.92 Å². The molecule has 0 saturated heterocycles. The van der Waals surface area contributed by atoms with Crippen LogP contribution in [0.25, 0.3) is 0 Å². The van der Waals surface area contributed by atoms with Gasteiger partial charge in [-0.2, -0.15) is 0 Å². The number of nitrogens with one attached hydrogen (secondary N) is 2.